The van der Waals surface area contributed by atoms with E-state index in [1.165, 1.54) is 0 Å². The second-order valence-electron chi connectivity index (χ2n) is 3.04. The van der Waals surface area contributed by atoms with Gasteiger partial charge in [0, 0.05) is 6.61 Å². The summed E-state index contributed by atoms with van der Waals surface area (Å²) in [7, 11) is 0. The number of rotatable bonds is 7. The molecule has 1 heterocycles. The molecule has 0 saturated heterocycles. The summed E-state index contributed by atoms with van der Waals surface area (Å²) in [6.07, 6.45) is 3.16. The molecule has 0 fully saturated rings. The van der Waals surface area contributed by atoms with Crippen molar-refractivity contribution in [1.29, 1.82) is 0 Å². The summed E-state index contributed by atoms with van der Waals surface area (Å²) in [5.74, 6) is 2.92. The van der Waals surface area contributed by atoms with Crippen molar-refractivity contribution in [3.63, 3.8) is 0 Å². The molecule has 0 unspecified atom stereocenters. The third kappa shape index (κ3) is 4.94. The fourth-order valence-corrected chi connectivity index (χ4v) is 2.17. The molecule has 1 aromatic heterocycles. The highest BCUT2D eigenvalue weighted by Crippen LogP contribution is 2.19. The summed E-state index contributed by atoms with van der Waals surface area (Å²) in [6, 6.07) is 3.67. The van der Waals surface area contributed by atoms with E-state index < -0.39 is 0 Å². The molecule has 0 aliphatic heterocycles. The molecule has 0 spiro atoms. The van der Waals surface area contributed by atoms with Crippen LogP contribution in [-0.4, -0.2) is 17.5 Å². The maximum atomic E-state index is 8.57. The lowest BCUT2D eigenvalue weighted by atomic mass is 10.3. The van der Waals surface area contributed by atoms with Crippen LogP contribution in [0.3, 0.4) is 0 Å². The zero-order valence-corrected chi connectivity index (χ0v) is 9.61. The van der Waals surface area contributed by atoms with E-state index in [0.29, 0.717) is 11.8 Å². The van der Waals surface area contributed by atoms with Crippen LogP contribution in [-0.2, 0) is 5.75 Å². The number of hydrogen-bond acceptors (Lipinski definition) is 3. The van der Waals surface area contributed by atoms with Crippen molar-refractivity contribution in [2.24, 2.45) is 0 Å². The molecule has 0 radical (unpaired) electrons. The van der Waals surface area contributed by atoms with E-state index >= 15 is 0 Å². The monoisotopic (exact) mass is 234 g/mol. The maximum absolute atomic E-state index is 8.57. The Morgan fingerprint density at radius 2 is 2.14 bits per heavy atom. The molecule has 80 valence electrons. The Hall–Kier alpha value is -0.120. The smallest absolute Gasteiger partial charge is 0.193 e. The Labute approximate surface area is 93.6 Å². The molecule has 2 nitrogen and oxygen atoms in total. The van der Waals surface area contributed by atoms with Gasteiger partial charge in [0.25, 0.3) is 0 Å². The Kier molecular flexibility index (Phi) is 6.15. The Morgan fingerprint density at radius 3 is 2.79 bits per heavy atom. The van der Waals surface area contributed by atoms with Crippen LogP contribution in [0.15, 0.2) is 16.5 Å². The van der Waals surface area contributed by atoms with Crippen molar-refractivity contribution >= 4 is 23.4 Å². The van der Waals surface area contributed by atoms with Crippen LogP contribution in [0.4, 0.5) is 0 Å². The van der Waals surface area contributed by atoms with Gasteiger partial charge in [0.05, 0.1) is 5.75 Å². The minimum Gasteiger partial charge on any atom is -0.449 e. The van der Waals surface area contributed by atoms with Crippen LogP contribution in [0.1, 0.15) is 25.0 Å². The van der Waals surface area contributed by atoms with Crippen molar-refractivity contribution < 1.29 is 9.52 Å². The largest absolute Gasteiger partial charge is 0.449 e. The number of halogens is 1. The predicted octanol–water partition coefficient (Wildman–Crippen LogP) is 3.33. The van der Waals surface area contributed by atoms with Crippen LogP contribution in [0.5, 0.6) is 0 Å². The number of thioether (sulfide) groups is 1. The van der Waals surface area contributed by atoms with Gasteiger partial charge in [-0.2, -0.15) is 11.8 Å². The molecular formula is C10H15ClO2S. The highest BCUT2D eigenvalue weighted by molar-refractivity contribution is 7.98. The number of aliphatic hydroxyl groups excluding tert-OH is 1. The van der Waals surface area contributed by atoms with Gasteiger partial charge in [-0.25, -0.2) is 0 Å². The lowest BCUT2D eigenvalue weighted by molar-refractivity contribution is 0.284. The van der Waals surface area contributed by atoms with Crippen LogP contribution in [0, 0.1) is 0 Å². The average Bonchev–Trinajstić information content (AvgIpc) is 2.58. The van der Waals surface area contributed by atoms with Gasteiger partial charge >= 0.3 is 0 Å². The van der Waals surface area contributed by atoms with Crippen LogP contribution >= 0.6 is 23.4 Å². The summed E-state index contributed by atoms with van der Waals surface area (Å²) in [5, 5.41) is 9.03. The number of unbranched alkanes of at least 4 members (excludes halogenated alkanes) is 2. The number of hydrogen-bond donors (Lipinski definition) is 1. The molecule has 0 aliphatic rings. The quantitative estimate of drug-likeness (QED) is 0.735. The standard InChI is InChI=1S/C10H15ClO2S/c11-10-5-4-9(13-10)8-14-7-3-1-2-6-12/h4-5,12H,1-3,6-8H2. The minimum atomic E-state index is 0.304. The SMILES string of the molecule is OCCCCCSCc1ccc(Cl)o1. The third-order valence-electron chi connectivity index (χ3n) is 1.82. The molecule has 0 atom stereocenters. The van der Waals surface area contributed by atoms with Crippen LogP contribution in [0.25, 0.3) is 0 Å². The summed E-state index contributed by atoms with van der Waals surface area (Å²) in [6.45, 7) is 0.304. The van der Waals surface area contributed by atoms with E-state index in [2.05, 4.69) is 0 Å². The fourth-order valence-electron chi connectivity index (χ4n) is 1.09. The van der Waals surface area contributed by atoms with Gasteiger partial charge in [-0.3, -0.25) is 0 Å². The van der Waals surface area contributed by atoms with E-state index in [4.69, 9.17) is 21.1 Å². The molecule has 0 bridgehead atoms. The second-order valence-corrected chi connectivity index (χ2v) is 4.52. The molecule has 0 aromatic carbocycles. The first-order valence-corrected chi connectivity index (χ1v) is 6.29. The second kappa shape index (κ2) is 7.21. The lowest BCUT2D eigenvalue weighted by Gasteiger charge is -1.98. The van der Waals surface area contributed by atoms with Gasteiger partial charge in [-0.15, -0.1) is 0 Å². The third-order valence-corrected chi connectivity index (χ3v) is 3.09. The van der Waals surface area contributed by atoms with Gasteiger partial charge in [-0.1, -0.05) is 6.42 Å². The van der Waals surface area contributed by atoms with Crippen molar-refractivity contribution in [3.8, 4) is 0 Å². The first kappa shape index (κ1) is 12.0. The zero-order valence-electron chi connectivity index (χ0n) is 8.04. The Balaban J connectivity index is 1.99. The normalized spacial score (nSPS) is 10.7. The summed E-state index contributed by atoms with van der Waals surface area (Å²) in [4.78, 5) is 0. The molecule has 0 saturated carbocycles. The van der Waals surface area contributed by atoms with Crippen molar-refractivity contribution in [2.45, 2.75) is 25.0 Å². The summed E-state index contributed by atoms with van der Waals surface area (Å²) < 4.78 is 5.22. The first-order chi connectivity index (χ1) is 6.83. The van der Waals surface area contributed by atoms with Crippen molar-refractivity contribution in [1.82, 2.24) is 0 Å². The van der Waals surface area contributed by atoms with E-state index in [1.807, 2.05) is 17.8 Å². The van der Waals surface area contributed by atoms with Gasteiger partial charge in [0.15, 0.2) is 5.22 Å². The van der Waals surface area contributed by atoms with E-state index in [-0.39, 0.29) is 0 Å². The summed E-state index contributed by atoms with van der Waals surface area (Å²) >= 11 is 7.47. The highest BCUT2D eigenvalue weighted by Gasteiger charge is 1.99. The molecule has 1 N–H and O–H groups in total. The average molecular weight is 235 g/mol. The van der Waals surface area contributed by atoms with Gasteiger partial charge < -0.3 is 9.52 Å². The molecule has 4 heteroatoms. The van der Waals surface area contributed by atoms with E-state index in [0.717, 1.165) is 36.5 Å². The summed E-state index contributed by atoms with van der Waals surface area (Å²) in [5.41, 5.74) is 0. The van der Waals surface area contributed by atoms with E-state index in [9.17, 15) is 0 Å². The number of furan rings is 1. The molecule has 14 heavy (non-hydrogen) atoms. The Bertz CT molecular complexity index is 250. The van der Waals surface area contributed by atoms with E-state index in [1.54, 1.807) is 6.07 Å². The lowest BCUT2D eigenvalue weighted by Crippen LogP contribution is -1.86. The molecule has 0 amide bonds. The van der Waals surface area contributed by atoms with Gasteiger partial charge in [-0.05, 0) is 42.3 Å². The fraction of sp³-hybridized carbons (Fsp3) is 0.600. The number of aliphatic hydroxyl groups is 1. The minimum absolute atomic E-state index is 0.304. The van der Waals surface area contributed by atoms with Crippen LogP contribution < -0.4 is 0 Å². The first-order valence-electron chi connectivity index (χ1n) is 4.76. The van der Waals surface area contributed by atoms with Gasteiger partial charge in [0.1, 0.15) is 5.76 Å². The molecule has 1 aromatic rings. The maximum Gasteiger partial charge on any atom is 0.193 e. The Morgan fingerprint density at radius 1 is 1.29 bits per heavy atom. The predicted molar refractivity (Wildman–Crippen MR) is 60.8 cm³/mol. The van der Waals surface area contributed by atoms with Crippen molar-refractivity contribution in [3.05, 3.63) is 23.1 Å². The van der Waals surface area contributed by atoms with Crippen LogP contribution in [0.2, 0.25) is 5.22 Å². The zero-order chi connectivity index (χ0) is 10.2. The van der Waals surface area contributed by atoms with Crippen molar-refractivity contribution in [2.75, 3.05) is 12.4 Å². The topological polar surface area (TPSA) is 33.4 Å². The molecule has 0 aliphatic carbocycles. The molecular weight excluding hydrogens is 220 g/mol. The highest BCUT2D eigenvalue weighted by atomic mass is 35.5. The molecule has 1 rings (SSSR count). The van der Waals surface area contributed by atoms with Gasteiger partial charge in [0.2, 0.25) is 0 Å².